The Kier molecular flexibility index (Phi) is 3.55. The van der Waals surface area contributed by atoms with Gasteiger partial charge in [-0.15, -0.1) is 10.2 Å². The van der Waals surface area contributed by atoms with E-state index in [9.17, 15) is 4.39 Å². The number of nitrogens with one attached hydrogen (secondary N) is 1. The van der Waals surface area contributed by atoms with Crippen molar-refractivity contribution in [1.82, 2.24) is 25.1 Å². The van der Waals surface area contributed by atoms with Crippen molar-refractivity contribution in [1.29, 1.82) is 0 Å². The molecule has 7 heteroatoms. The minimum absolute atomic E-state index is 0.167. The van der Waals surface area contributed by atoms with E-state index >= 15 is 0 Å². The molecular formula is C18H20FN5O. The Morgan fingerprint density at radius 2 is 2.12 bits per heavy atom. The lowest BCUT2D eigenvalue weighted by atomic mass is 10.0. The van der Waals surface area contributed by atoms with E-state index in [-0.39, 0.29) is 11.9 Å². The van der Waals surface area contributed by atoms with Gasteiger partial charge in [0.05, 0.1) is 23.6 Å². The molecule has 0 bridgehead atoms. The zero-order valence-corrected chi connectivity index (χ0v) is 13.9. The highest BCUT2D eigenvalue weighted by atomic mass is 19.1. The molecule has 1 aromatic carbocycles. The van der Waals surface area contributed by atoms with Crippen LogP contribution in [-0.2, 0) is 6.54 Å². The number of likely N-dealkylation sites (tertiary alicyclic amines) is 1. The molecule has 2 aromatic heterocycles. The fourth-order valence-corrected chi connectivity index (χ4v) is 3.65. The normalized spacial score (nSPS) is 21.9. The van der Waals surface area contributed by atoms with Gasteiger partial charge in [-0.3, -0.25) is 4.90 Å². The molecule has 0 spiro atoms. The van der Waals surface area contributed by atoms with Gasteiger partial charge in [-0.1, -0.05) is 6.42 Å². The Bertz CT molecular complexity index is 900. The lowest BCUT2D eigenvalue weighted by Gasteiger charge is -2.33. The summed E-state index contributed by atoms with van der Waals surface area (Å²) in [5.41, 5.74) is 1.55. The second-order valence-electron chi connectivity index (χ2n) is 7.07. The van der Waals surface area contributed by atoms with Gasteiger partial charge in [-0.25, -0.2) is 9.37 Å². The second-order valence-corrected chi connectivity index (χ2v) is 7.07. The number of hydrogen-bond acceptors (Lipinski definition) is 5. The summed E-state index contributed by atoms with van der Waals surface area (Å²) in [7, 11) is 0. The monoisotopic (exact) mass is 341 g/mol. The van der Waals surface area contributed by atoms with Crippen LogP contribution in [0.4, 0.5) is 4.39 Å². The average Bonchev–Trinajstić information content (AvgIpc) is 3.22. The number of aromatic amines is 1. The quantitative estimate of drug-likeness (QED) is 0.784. The van der Waals surface area contributed by atoms with Gasteiger partial charge in [0.15, 0.2) is 0 Å². The summed E-state index contributed by atoms with van der Waals surface area (Å²) < 4.78 is 19.3. The van der Waals surface area contributed by atoms with Crippen LogP contribution in [0.25, 0.3) is 11.0 Å². The maximum atomic E-state index is 13.4. The topological polar surface area (TPSA) is 70.8 Å². The molecule has 3 aromatic rings. The molecule has 0 radical (unpaired) electrons. The first-order valence-corrected chi connectivity index (χ1v) is 8.98. The summed E-state index contributed by atoms with van der Waals surface area (Å²) in [6, 6.07) is 4.83. The van der Waals surface area contributed by atoms with Crippen LogP contribution >= 0.6 is 0 Å². The minimum Gasteiger partial charge on any atom is -0.424 e. The summed E-state index contributed by atoms with van der Waals surface area (Å²) in [5.74, 6) is 2.58. The van der Waals surface area contributed by atoms with Crippen molar-refractivity contribution in [3.63, 3.8) is 0 Å². The molecule has 2 aliphatic rings. The maximum Gasteiger partial charge on any atom is 0.230 e. The third-order valence-electron chi connectivity index (χ3n) is 5.14. The number of piperidine rings is 1. The summed E-state index contributed by atoms with van der Waals surface area (Å²) in [6.45, 7) is 1.60. The van der Waals surface area contributed by atoms with Crippen LogP contribution in [0.1, 0.15) is 61.7 Å². The average molecular weight is 341 g/mol. The van der Waals surface area contributed by atoms with Crippen LogP contribution in [0.15, 0.2) is 22.6 Å². The van der Waals surface area contributed by atoms with Crippen molar-refractivity contribution in [3.05, 3.63) is 41.6 Å². The summed E-state index contributed by atoms with van der Waals surface area (Å²) in [5, 5.41) is 8.39. The first-order chi connectivity index (χ1) is 12.3. The van der Waals surface area contributed by atoms with Crippen LogP contribution in [0, 0.1) is 5.82 Å². The number of hydrogen-bond donors (Lipinski definition) is 1. The first-order valence-electron chi connectivity index (χ1n) is 8.98. The number of halogens is 1. The van der Waals surface area contributed by atoms with E-state index in [2.05, 4.69) is 25.1 Å². The van der Waals surface area contributed by atoms with E-state index in [1.165, 1.54) is 12.1 Å². The Balaban J connectivity index is 1.40. The maximum absolute atomic E-state index is 13.4. The van der Waals surface area contributed by atoms with Crippen molar-refractivity contribution in [2.45, 2.75) is 50.6 Å². The van der Waals surface area contributed by atoms with Gasteiger partial charge in [0.1, 0.15) is 11.6 Å². The molecule has 25 heavy (non-hydrogen) atoms. The zero-order chi connectivity index (χ0) is 16.8. The van der Waals surface area contributed by atoms with Crippen LogP contribution in [0.5, 0.6) is 0 Å². The molecule has 6 nitrogen and oxygen atoms in total. The predicted molar refractivity (Wildman–Crippen MR) is 89.3 cm³/mol. The number of aromatic nitrogens is 4. The molecule has 3 heterocycles. The highest BCUT2D eigenvalue weighted by Crippen LogP contribution is 2.39. The summed E-state index contributed by atoms with van der Waals surface area (Å²) in [4.78, 5) is 10.3. The molecule has 5 rings (SSSR count). The molecule has 1 atom stereocenters. The third kappa shape index (κ3) is 2.93. The van der Waals surface area contributed by atoms with Crippen LogP contribution < -0.4 is 0 Å². The van der Waals surface area contributed by atoms with Crippen molar-refractivity contribution >= 4 is 11.0 Å². The Morgan fingerprint density at radius 1 is 1.20 bits per heavy atom. The van der Waals surface area contributed by atoms with Gasteiger partial charge in [0.25, 0.3) is 0 Å². The second kappa shape index (κ2) is 5.91. The largest absolute Gasteiger partial charge is 0.424 e. The van der Waals surface area contributed by atoms with Gasteiger partial charge in [0, 0.05) is 5.92 Å². The van der Waals surface area contributed by atoms with E-state index in [1.807, 2.05) is 0 Å². The van der Waals surface area contributed by atoms with Gasteiger partial charge in [-0.05, 0) is 50.4 Å². The summed E-state index contributed by atoms with van der Waals surface area (Å²) in [6.07, 6.45) is 5.64. The van der Waals surface area contributed by atoms with E-state index in [1.54, 1.807) is 6.07 Å². The number of fused-ring (bicyclic) bond motifs is 1. The highest BCUT2D eigenvalue weighted by Gasteiger charge is 2.31. The number of rotatable bonds is 4. The first kappa shape index (κ1) is 15.0. The Labute approximate surface area is 144 Å². The molecule has 1 aliphatic carbocycles. The smallest absolute Gasteiger partial charge is 0.230 e. The molecular weight excluding hydrogens is 321 g/mol. The zero-order valence-electron chi connectivity index (χ0n) is 13.9. The molecule has 1 aliphatic heterocycles. The molecule has 0 unspecified atom stereocenters. The van der Waals surface area contributed by atoms with Gasteiger partial charge >= 0.3 is 0 Å². The molecule has 2 fully saturated rings. The van der Waals surface area contributed by atoms with Crippen LogP contribution in [-0.4, -0.2) is 31.6 Å². The standard InChI is InChI=1S/C18H20FN5O/c19-12-6-7-13-14(9-12)21-17(20-13)15-3-1-2-8-24(15)10-16-22-23-18(25-16)11-4-5-11/h6-7,9,11,15H,1-5,8,10H2,(H,20,21)/t15-/m1/s1. The third-order valence-corrected chi connectivity index (χ3v) is 5.14. The van der Waals surface area contributed by atoms with Gasteiger partial charge in [0.2, 0.25) is 11.8 Å². The molecule has 1 N–H and O–H groups in total. The van der Waals surface area contributed by atoms with Crippen molar-refractivity contribution in [2.24, 2.45) is 0 Å². The van der Waals surface area contributed by atoms with E-state index in [0.717, 1.165) is 61.4 Å². The van der Waals surface area contributed by atoms with Crippen LogP contribution in [0.2, 0.25) is 0 Å². The number of benzene rings is 1. The van der Waals surface area contributed by atoms with Gasteiger partial charge in [-0.2, -0.15) is 0 Å². The SMILES string of the molecule is Fc1ccc2nc([C@H]3CCCCN3Cc3nnc(C4CC4)o3)[nH]c2c1. The van der Waals surface area contributed by atoms with Gasteiger partial charge < -0.3 is 9.40 Å². The number of imidazole rings is 1. The molecule has 1 saturated heterocycles. The molecule has 0 amide bonds. The predicted octanol–water partition coefficient (Wildman–Crippen LogP) is 3.69. The summed E-state index contributed by atoms with van der Waals surface area (Å²) >= 11 is 0. The van der Waals surface area contributed by atoms with Crippen molar-refractivity contribution in [2.75, 3.05) is 6.54 Å². The fourth-order valence-electron chi connectivity index (χ4n) is 3.65. The Hall–Kier alpha value is -2.28. The number of nitrogens with zero attached hydrogens (tertiary/aromatic N) is 4. The lowest BCUT2D eigenvalue weighted by Crippen LogP contribution is -2.33. The van der Waals surface area contributed by atoms with Crippen molar-refractivity contribution < 1.29 is 8.81 Å². The van der Waals surface area contributed by atoms with E-state index < -0.39 is 0 Å². The molecule has 1 saturated carbocycles. The fraction of sp³-hybridized carbons (Fsp3) is 0.500. The van der Waals surface area contributed by atoms with E-state index in [4.69, 9.17) is 4.42 Å². The van der Waals surface area contributed by atoms with Crippen molar-refractivity contribution in [3.8, 4) is 0 Å². The van der Waals surface area contributed by atoms with E-state index in [0.29, 0.717) is 18.4 Å². The number of H-pyrrole nitrogens is 1. The Morgan fingerprint density at radius 3 is 3.00 bits per heavy atom. The lowest BCUT2D eigenvalue weighted by molar-refractivity contribution is 0.122. The van der Waals surface area contributed by atoms with Crippen LogP contribution in [0.3, 0.4) is 0 Å². The minimum atomic E-state index is -0.248. The highest BCUT2D eigenvalue weighted by molar-refractivity contribution is 5.75. The molecule has 130 valence electrons.